The predicted molar refractivity (Wildman–Crippen MR) is 83.0 cm³/mol. The molecule has 0 spiro atoms. The van der Waals surface area contributed by atoms with Crippen LogP contribution >= 0.6 is 23.2 Å². The van der Waals surface area contributed by atoms with Crippen molar-refractivity contribution in [2.75, 3.05) is 5.73 Å². The van der Waals surface area contributed by atoms with Gasteiger partial charge in [-0.1, -0.05) is 23.2 Å². The summed E-state index contributed by atoms with van der Waals surface area (Å²) in [7, 11) is -4.31. The third kappa shape index (κ3) is 4.75. The quantitative estimate of drug-likeness (QED) is 0.500. The van der Waals surface area contributed by atoms with E-state index in [4.69, 9.17) is 38.2 Å². The molecule has 3 N–H and O–H groups in total. The molecule has 0 saturated carbocycles. The van der Waals surface area contributed by atoms with Crippen LogP contribution in [0, 0.1) is 0 Å². The van der Waals surface area contributed by atoms with Crippen LogP contribution in [0.5, 0.6) is 11.5 Å². The molecule has 107 valence electrons. The second-order valence-electron chi connectivity index (χ2n) is 3.85. The molecule has 0 atom stereocenters. The van der Waals surface area contributed by atoms with Gasteiger partial charge in [0.05, 0.1) is 15.6 Å². The Morgan fingerprint density at radius 1 is 1.05 bits per heavy atom. The zero-order chi connectivity index (χ0) is 14.9. The van der Waals surface area contributed by atoms with E-state index in [-0.39, 0.29) is 50.9 Å². The minimum Gasteiger partial charge on any atom is -0.454 e. The van der Waals surface area contributed by atoms with Gasteiger partial charge in [-0.15, -0.1) is 0 Å². The number of hydrogen-bond donors (Lipinski definition) is 2. The first-order valence-corrected chi connectivity index (χ1v) is 7.47. The fourth-order valence-corrected chi connectivity index (χ4v) is 2.42. The summed E-state index contributed by atoms with van der Waals surface area (Å²) in [6.45, 7) is 0. The summed E-state index contributed by atoms with van der Waals surface area (Å²) < 4.78 is 36.3. The van der Waals surface area contributed by atoms with E-state index >= 15 is 0 Å². The van der Waals surface area contributed by atoms with Crippen molar-refractivity contribution < 1.29 is 17.7 Å². The van der Waals surface area contributed by atoms with Crippen molar-refractivity contribution in [2.24, 2.45) is 0 Å². The summed E-state index contributed by atoms with van der Waals surface area (Å²) in [6.07, 6.45) is 0. The van der Waals surface area contributed by atoms with Crippen molar-refractivity contribution in [3.05, 3.63) is 46.4 Å². The third-order valence-corrected chi connectivity index (χ3v) is 3.77. The molecule has 21 heavy (non-hydrogen) atoms. The summed E-state index contributed by atoms with van der Waals surface area (Å²) in [5.74, 6) is 0.531. The topological polar surface area (TPSA) is 89.6 Å². The number of benzene rings is 2. The average molecular weight is 357 g/mol. The molecule has 9 heteroatoms. The molecule has 2 aromatic rings. The van der Waals surface area contributed by atoms with Crippen LogP contribution in [-0.4, -0.2) is 42.5 Å². The Morgan fingerprint density at radius 2 is 1.67 bits per heavy atom. The molecule has 2 aromatic carbocycles. The fourth-order valence-electron chi connectivity index (χ4n) is 1.46. The largest absolute Gasteiger partial charge is 0.454 e. The maximum absolute atomic E-state index is 11.0. The van der Waals surface area contributed by atoms with Gasteiger partial charge < -0.3 is 10.5 Å². The van der Waals surface area contributed by atoms with E-state index in [1.54, 1.807) is 12.1 Å². The van der Waals surface area contributed by atoms with Crippen molar-refractivity contribution in [3.8, 4) is 11.5 Å². The van der Waals surface area contributed by atoms with Crippen LogP contribution in [0.4, 0.5) is 5.69 Å². The molecule has 0 aromatic heterocycles. The molecule has 0 aliphatic heterocycles. The second-order valence-corrected chi connectivity index (χ2v) is 6.12. The molecule has 0 aliphatic carbocycles. The molecule has 0 saturated heterocycles. The summed E-state index contributed by atoms with van der Waals surface area (Å²) >= 11 is 11.7. The Kier molecular flexibility index (Phi) is 6.36. The van der Waals surface area contributed by atoms with Crippen molar-refractivity contribution in [2.45, 2.75) is 4.90 Å². The van der Waals surface area contributed by atoms with E-state index in [9.17, 15) is 8.42 Å². The van der Waals surface area contributed by atoms with E-state index < -0.39 is 10.1 Å². The van der Waals surface area contributed by atoms with E-state index in [1.807, 2.05) is 0 Å². The average Bonchev–Trinajstić information content (AvgIpc) is 2.33. The number of hydrogen-bond acceptors (Lipinski definition) is 4. The number of anilines is 1. The number of ether oxygens (including phenoxy) is 1. The second kappa shape index (κ2) is 7.19. The van der Waals surface area contributed by atoms with Crippen LogP contribution in [0.3, 0.4) is 0 Å². The maximum Gasteiger partial charge on any atom is 0.294 e. The Hall–Kier alpha value is -0.470. The minimum absolute atomic E-state index is 0. The molecular weight excluding hydrogens is 348 g/mol. The molecule has 0 aliphatic rings. The van der Waals surface area contributed by atoms with Crippen LogP contribution in [0.25, 0.3) is 0 Å². The summed E-state index contributed by atoms with van der Waals surface area (Å²) in [5, 5.41) is 0.743. The summed E-state index contributed by atoms with van der Waals surface area (Å²) in [6, 6.07) is 8.23. The van der Waals surface area contributed by atoms with Crippen molar-refractivity contribution >= 4 is 68.6 Å². The molecular formula is C12H9Cl2NNaO4S. The van der Waals surface area contributed by atoms with Gasteiger partial charge in [0.15, 0.2) is 0 Å². The van der Waals surface area contributed by atoms with Gasteiger partial charge in [-0.2, -0.15) is 8.42 Å². The third-order valence-electron chi connectivity index (χ3n) is 2.39. The van der Waals surface area contributed by atoms with Gasteiger partial charge in [0, 0.05) is 34.6 Å². The van der Waals surface area contributed by atoms with Gasteiger partial charge in [-0.05, 0) is 36.4 Å². The van der Waals surface area contributed by atoms with Crippen molar-refractivity contribution in [3.63, 3.8) is 0 Å². The van der Waals surface area contributed by atoms with Gasteiger partial charge in [-0.3, -0.25) is 4.55 Å². The number of halogens is 2. The minimum atomic E-state index is -4.31. The Morgan fingerprint density at radius 3 is 2.19 bits per heavy atom. The summed E-state index contributed by atoms with van der Waals surface area (Å²) in [5.41, 5.74) is 5.72. The van der Waals surface area contributed by atoms with Crippen molar-refractivity contribution in [1.29, 1.82) is 0 Å². The standard InChI is InChI=1S/C12H9Cl2NO4S.Na/c13-7-1-3-11(9(14)5-7)19-12-4-2-8(6-10(12)15)20(16,17)18;/h1-6H,15H2,(H,16,17,18);. The molecule has 0 amide bonds. The first-order valence-electron chi connectivity index (χ1n) is 5.27. The van der Waals surface area contributed by atoms with E-state index in [0.717, 1.165) is 6.07 Å². The van der Waals surface area contributed by atoms with Gasteiger partial charge in [0.2, 0.25) is 0 Å². The van der Waals surface area contributed by atoms with E-state index in [2.05, 4.69) is 0 Å². The zero-order valence-electron chi connectivity index (χ0n) is 10.9. The van der Waals surface area contributed by atoms with Crippen molar-refractivity contribution in [1.82, 2.24) is 0 Å². The Balaban J connectivity index is 0.00000220. The number of nitrogens with two attached hydrogens (primary N) is 1. The molecule has 2 rings (SSSR count). The van der Waals surface area contributed by atoms with Gasteiger partial charge in [-0.25, -0.2) is 0 Å². The van der Waals surface area contributed by atoms with Crippen LogP contribution in [0.1, 0.15) is 0 Å². The predicted octanol–water partition coefficient (Wildman–Crippen LogP) is 3.23. The number of rotatable bonds is 3. The first-order chi connectivity index (χ1) is 9.27. The van der Waals surface area contributed by atoms with Gasteiger partial charge >= 0.3 is 0 Å². The first kappa shape index (κ1) is 18.6. The molecule has 0 heterocycles. The molecule has 0 fully saturated rings. The van der Waals surface area contributed by atoms with Crippen LogP contribution < -0.4 is 10.5 Å². The summed E-state index contributed by atoms with van der Waals surface area (Å²) in [4.78, 5) is -0.315. The van der Waals surface area contributed by atoms with E-state index in [0.29, 0.717) is 10.8 Å². The van der Waals surface area contributed by atoms with Gasteiger partial charge in [0.25, 0.3) is 10.1 Å². The SMILES string of the molecule is Nc1cc(S(=O)(=O)O)ccc1Oc1ccc(Cl)cc1Cl.[Na]. The molecule has 0 bridgehead atoms. The molecule has 5 nitrogen and oxygen atoms in total. The van der Waals surface area contributed by atoms with E-state index in [1.165, 1.54) is 18.2 Å². The smallest absolute Gasteiger partial charge is 0.294 e. The normalized spacial score (nSPS) is 10.8. The Labute approximate surface area is 154 Å². The zero-order valence-corrected chi connectivity index (χ0v) is 15.2. The maximum atomic E-state index is 11.0. The van der Waals surface area contributed by atoms with Crippen LogP contribution in [-0.2, 0) is 10.1 Å². The van der Waals surface area contributed by atoms with Crippen LogP contribution in [0.2, 0.25) is 10.0 Å². The van der Waals surface area contributed by atoms with Crippen LogP contribution in [0.15, 0.2) is 41.3 Å². The molecule has 1 radical (unpaired) electrons. The Bertz CT molecular complexity index is 768. The molecule has 0 unspecified atom stereocenters. The van der Waals surface area contributed by atoms with Gasteiger partial charge in [0.1, 0.15) is 11.5 Å². The number of nitrogen functional groups attached to an aromatic ring is 1. The fraction of sp³-hybridized carbons (Fsp3) is 0. The monoisotopic (exact) mass is 356 g/mol.